The Balaban J connectivity index is 2.16. The summed E-state index contributed by atoms with van der Waals surface area (Å²) in [5, 5.41) is 5.76. The molecule has 0 N–H and O–H groups in total. The second kappa shape index (κ2) is 4.80. The van der Waals surface area contributed by atoms with Crippen molar-refractivity contribution in [3.05, 3.63) is 62.9 Å². The lowest BCUT2D eigenvalue weighted by molar-refractivity contribution is 0.372. The zero-order valence-electron chi connectivity index (χ0n) is 11.2. The van der Waals surface area contributed by atoms with Crippen LogP contribution in [0.2, 0.25) is 5.02 Å². The van der Waals surface area contributed by atoms with Gasteiger partial charge in [-0.25, -0.2) is 0 Å². The molecule has 0 unspecified atom stereocenters. The zero-order valence-corrected chi connectivity index (χ0v) is 11.9. The van der Waals surface area contributed by atoms with Crippen LogP contribution in [0.15, 0.2) is 39.8 Å². The molecule has 3 rings (SSSR count). The van der Waals surface area contributed by atoms with E-state index in [1.54, 1.807) is 16.8 Å². The fraction of sp³-hybridized carbons (Fsp3) is 0.200. The summed E-state index contributed by atoms with van der Waals surface area (Å²) >= 11 is 6.25. The molecule has 3 aromatic rings. The largest absolute Gasteiger partial charge is 0.359 e. The molecule has 0 radical (unpaired) electrons. The Hall–Kier alpha value is -2.07. The molecule has 0 aliphatic rings. The third-order valence-corrected chi connectivity index (χ3v) is 3.50. The van der Waals surface area contributed by atoms with E-state index < -0.39 is 0 Å². The van der Waals surface area contributed by atoms with Crippen LogP contribution in [-0.4, -0.2) is 9.72 Å². The average Bonchev–Trinajstić information content (AvgIpc) is 2.81. The van der Waals surface area contributed by atoms with Gasteiger partial charge in [-0.15, -0.1) is 0 Å². The maximum atomic E-state index is 12.5. The molecule has 2 heterocycles. The number of hydrogen-bond donors (Lipinski definition) is 0. The van der Waals surface area contributed by atoms with Crippen molar-refractivity contribution in [1.82, 2.24) is 9.72 Å². The number of aromatic nitrogens is 2. The van der Waals surface area contributed by atoms with Crippen LogP contribution in [-0.2, 0) is 6.54 Å². The van der Waals surface area contributed by atoms with Gasteiger partial charge in [0.25, 0.3) is 5.56 Å². The van der Waals surface area contributed by atoms with Crippen molar-refractivity contribution in [2.75, 3.05) is 0 Å². The minimum Gasteiger partial charge on any atom is -0.359 e. The molecule has 0 amide bonds. The number of halogens is 1. The molecule has 0 aliphatic carbocycles. The summed E-state index contributed by atoms with van der Waals surface area (Å²) in [6.07, 6.45) is 1.64. The van der Waals surface area contributed by atoms with Gasteiger partial charge in [0.05, 0.1) is 17.3 Å². The second-order valence-corrected chi connectivity index (χ2v) is 5.30. The molecule has 1 aromatic carbocycles. The smallest absolute Gasteiger partial charge is 0.258 e. The molecule has 0 saturated heterocycles. The maximum absolute atomic E-state index is 12.5. The Labute approximate surface area is 120 Å². The minimum absolute atomic E-state index is 0.0813. The standard InChI is InChI=1S/C15H13ClN2O2/c1-9-3-4-12-13(5-9)15(19)18(8-14(12)16)7-11-6-10(2)17-20-11/h3-6,8H,7H2,1-2H3. The molecule has 0 spiro atoms. The number of rotatable bonds is 2. The van der Waals surface area contributed by atoms with Gasteiger partial charge in [-0.05, 0) is 19.9 Å². The molecule has 5 heteroatoms. The Kier molecular flexibility index (Phi) is 3.10. The fourth-order valence-corrected chi connectivity index (χ4v) is 2.52. The van der Waals surface area contributed by atoms with Gasteiger partial charge >= 0.3 is 0 Å². The molecule has 0 saturated carbocycles. The van der Waals surface area contributed by atoms with Crippen LogP contribution >= 0.6 is 11.6 Å². The third kappa shape index (κ3) is 2.23. The Morgan fingerprint density at radius 3 is 2.75 bits per heavy atom. The molecular formula is C15H13ClN2O2. The SMILES string of the molecule is Cc1ccc2c(Cl)cn(Cc3cc(C)no3)c(=O)c2c1. The highest BCUT2D eigenvalue weighted by molar-refractivity contribution is 6.35. The zero-order chi connectivity index (χ0) is 14.3. The molecule has 0 fully saturated rings. The summed E-state index contributed by atoms with van der Waals surface area (Å²) in [5.41, 5.74) is 1.73. The second-order valence-electron chi connectivity index (χ2n) is 4.89. The molecule has 0 bridgehead atoms. The predicted octanol–water partition coefficient (Wildman–Crippen LogP) is 3.31. The van der Waals surface area contributed by atoms with Crippen LogP contribution in [0.3, 0.4) is 0 Å². The highest BCUT2D eigenvalue weighted by atomic mass is 35.5. The Morgan fingerprint density at radius 2 is 2.05 bits per heavy atom. The van der Waals surface area contributed by atoms with Crippen molar-refractivity contribution in [3.63, 3.8) is 0 Å². The highest BCUT2D eigenvalue weighted by Gasteiger charge is 2.10. The molecule has 2 aromatic heterocycles. The van der Waals surface area contributed by atoms with Crippen molar-refractivity contribution in [3.8, 4) is 0 Å². The first-order chi connectivity index (χ1) is 9.54. The van der Waals surface area contributed by atoms with Gasteiger partial charge in [0.1, 0.15) is 0 Å². The summed E-state index contributed by atoms with van der Waals surface area (Å²) in [6, 6.07) is 7.47. The van der Waals surface area contributed by atoms with E-state index in [4.69, 9.17) is 16.1 Å². The average molecular weight is 289 g/mol. The summed E-state index contributed by atoms with van der Waals surface area (Å²) < 4.78 is 6.69. The van der Waals surface area contributed by atoms with E-state index in [0.29, 0.717) is 22.7 Å². The number of hydrogen-bond acceptors (Lipinski definition) is 3. The third-order valence-electron chi connectivity index (χ3n) is 3.20. The monoisotopic (exact) mass is 288 g/mol. The predicted molar refractivity (Wildman–Crippen MR) is 78.3 cm³/mol. The van der Waals surface area contributed by atoms with E-state index in [1.165, 1.54) is 0 Å². The molecule has 20 heavy (non-hydrogen) atoms. The van der Waals surface area contributed by atoms with E-state index in [9.17, 15) is 4.79 Å². The Morgan fingerprint density at radius 1 is 1.25 bits per heavy atom. The number of pyridine rings is 1. The normalized spacial score (nSPS) is 11.2. The van der Waals surface area contributed by atoms with Gasteiger partial charge in [-0.2, -0.15) is 0 Å². The fourth-order valence-electron chi connectivity index (χ4n) is 2.24. The lowest BCUT2D eigenvalue weighted by Gasteiger charge is -2.08. The Bertz CT molecular complexity index is 849. The highest BCUT2D eigenvalue weighted by Crippen LogP contribution is 2.21. The number of aryl methyl sites for hydroxylation is 2. The number of benzene rings is 1. The lowest BCUT2D eigenvalue weighted by atomic mass is 10.1. The van der Waals surface area contributed by atoms with Crippen molar-refractivity contribution in [2.45, 2.75) is 20.4 Å². The molecule has 0 aliphatic heterocycles. The van der Waals surface area contributed by atoms with Crippen molar-refractivity contribution in [1.29, 1.82) is 0 Å². The van der Waals surface area contributed by atoms with Crippen molar-refractivity contribution in [2.24, 2.45) is 0 Å². The van der Waals surface area contributed by atoms with E-state index in [1.807, 2.05) is 32.0 Å². The summed E-state index contributed by atoms with van der Waals surface area (Å²) in [5.74, 6) is 0.632. The maximum Gasteiger partial charge on any atom is 0.258 e. The summed E-state index contributed by atoms with van der Waals surface area (Å²) in [6.45, 7) is 4.11. The van der Waals surface area contributed by atoms with Crippen LogP contribution in [0.25, 0.3) is 10.8 Å². The lowest BCUT2D eigenvalue weighted by Crippen LogP contribution is -2.20. The van der Waals surface area contributed by atoms with Crippen LogP contribution in [0.1, 0.15) is 17.0 Å². The van der Waals surface area contributed by atoms with Gasteiger partial charge in [-0.1, -0.05) is 34.5 Å². The molecular weight excluding hydrogens is 276 g/mol. The number of nitrogens with zero attached hydrogens (tertiary/aromatic N) is 2. The summed E-state index contributed by atoms with van der Waals surface area (Å²) in [4.78, 5) is 12.5. The summed E-state index contributed by atoms with van der Waals surface area (Å²) in [7, 11) is 0. The van der Waals surface area contributed by atoms with Gasteiger partial charge in [0.15, 0.2) is 5.76 Å². The van der Waals surface area contributed by atoms with Gasteiger partial charge < -0.3 is 9.09 Å². The van der Waals surface area contributed by atoms with Crippen LogP contribution in [0, 0.1) is 13.8 Å². The van der Waals surface area contributed by atoms with E-state index >= 15 is 0 Å². The van der Waals surface area contributed by atoms with Gasteiger partial charge in [0, 0.05) is 23.0 Å². The van der Waals surface area contributed by atoms with Gasteiger partial charge in [-0.3, -0.25) is 4.79 Å². The first-order valence-electron chi connectivity index (χ1n) is 6.26. The molecule has 102 valence electrons. The van der Waals surface area contributed by atoms with Crippen molar-refractivity contribution < 1.29 is 4.52 Å². The van der Waals surface area contributed by atoms with E-state index in [-0.39, 0.29) is 5.56 Å². The van der Waals surface area contributed by atoms with Crippen LogP contribution in [0.5, 0.6) is 0 Å². The van der Waals surface area contributed by atoms with Crippen molar-refractivity contribution >= 4 is 22.4 Å². The van der Waals surface area contributed by atoms with E-state index in [2.05, 4.69) is 5.16 Å². The topological polar surface area (TPSA) is 48.0 Å². The first kappa shape index (κ1) is 12.9. The molecule has 0 atom stereocenters. The van der Waals surface area contributed by atoms with Gasteiger partial charge in [0.2, 0.25) is 0 Å². The molecule has 4 nitrogen and oxygen atoms in total. The quantitative estimate of drug-likeness (QED) is 0.727. The number of fused-ring (bicyclic) bond motifs is 1. The minimum atomic E-state index is -0.0813. The van der Waals surface area contributed by atoms with E-state index in [0.717, 1.165) is 16.6 Å². The van der Waals surface area contributed by atoms with Crippen LogP contribution in [0.4, 0.5) is 0 Å². The van der Waals surface area contributed by atoms with Crippen LogP contribution < -0.4 is 5.56 Å². The first-order valence-corrected chi connectivity index (χ1v) is 6.64.